The Morgan fingerprint density at radius 1 is 1.17 bits per heavy atom. The van der Waals surface area contributed by atoms with Crippen molar-refractivity contribution in [3.05, 3.63) is 47.4 Å². The fourth-order valence-corrected chi connectivity index (χ4v) is 6.42. The summed E-state index contributed by atoms with van der Waals surface area (Å²) in [4.78, 5) is 15.5. The summed E-state index contributed by atoms with van der Waals surface area (Å²) < 4.78 is 70.6. The van der Waals surface area contributed by atoms with Crippen LogP contribution in [0.1, 0.15) is 72.9 Å². The Hall–Kier alpha value is -3.42. The molecule has 4 atom stereocenters. The van der Waals surface area contributed by atoms with Crippen molar-refractivity contribution in [2.24, 2.45) is 11.8 Å². The van der Waals surface area contributed by atoms with E-state index in [2.05, 4.69) is 31.0 Å². The van der Waals surface area contributed by atoms with Crippen LogP contribution in [0.15, 0.2) is 30.3 Å². The normalized spacial score (nSPS) is 23.9. The number of hydrogen-bond donors (Lipinski definition) is 2. The molecule has 0 radical (unpaired) electrons. The Kier molecular flexibility index (Phi) is 7.07. The van der Waals surface area contributed by atoms with E-state index in [0.717, 1.165) is 31.7 Å². The third kappa shape index (κ3) is 5.33. The molecule has 220 valence electrons. The van der Waals surface area contributed by atoms with Gasteiger partial charge in [-0.1, -0.05) is 38.0 Å². The number of H-pyrrole nitrogens is 1. The van der Waals surface area contributed by atoms with Crippen LogP contribution in [-0.4, -0.2) is 72.8 Å². The number of fused-ring (bicyclic) bond motifs is 1. The molecule has 3 fully saturated rings. The lowest BCUT2D eigenvalue weighted by Gasteiger charge is -2.26. The molecule has 2 N–H and O–H groups in total. The fraction of sp³-hybridized carbons (Fsp3) is 0.593. The number of halogens is 5. The lowest BCUT2D eigenvalue weighted by molar-refractivity contribution is -0.137. The summed E-state index contributed by atoms with van der Waals surface area (Å²) in [6, 6.07) is 6.14. The van der Waals surface area contributed by atoms with Gasteiger partial charge in [0.2, 0.25) is 0 Å². The van der Waals surface area contributed by atoms with Crippen LogP contribution >= 0.6 is 0 Å². The van der Waals surface area contributed by atoms with E-state index in [1.165, 1.54) is 24.3 Å². The van der Waals surface area contributed by atoms with Gasteiger partial charge in [-0.05, 0) is 41.8 Å². The molecule has 41 heavy (non-hydrogen) atoms. The number of rotatable bonds is 9. The Balaban J connectivity index is 1.25. The largest absolute Gasteiger partial charge is 0.417 e. The number of carbonyl (C=O) groups excluding carboxylic acids is 1. The zero-order chi connectivity index (χ0) is 28.9. The molecule has 0 bridgehead atoms. The number of likely N-dealkylation sites (tertiary alicyclic amines) is 1. The summed E-state index contributed by atoms with van der Waals surface area (Å²) in [5.41, 5.74) is -0.555. The quantitative estimate of drug-likeness (QED) is 0.357. The Bertz CT molecular complexity index is 1370. The molecule has 3 aromatic rings. The number of nitrogens with one attached hydrogen (secondary N) is 2. The molecular weight excluding hydrogens is 547 g/mol. The smallest absolute Gasteiger partial charge is 0.347 e. The van der Waals surface area contributed by atoms with Gasteiger partial charge in [-0.2, -0.15) is 18.3 Å². The van der Waals surface area contributed by atoms with Gasteiger partial charge >= 0.3 is 6.18 Å². The molecule has 3 aliphatic rings. The SMILES string of the molecule is CC(c1nnn[nH]1)[C@H](CCN1CC2C(C1)C2(F)F)NC(=O)c1cc(-c2ccccc2C(F)(F)F)n(C2CCCC2)n1. The number of alkyl halides is 5. The molecule has 3 unspecified atom stereocenters. The van der Waals surface area contributed by atoms with Crippen LogP contribution in [0.25, 0.3) is 11.3 Å². The molecule has 2 saturated carbocycles. The molecular formula is C27H31F5N8O. The molecule has 1 amide bonds. The highest BCUT2D eigenvalue weighted by Gasteiger charge is 2.71. The number of aromatic nitrogens is 6. The van der Waals surface area contributed by atoms with E-state index < -0.39 is 41.4 Å². The number of tetrazole rings is 1. The van der Waals surface area contributed by atoms with Gasteiger partial charge in [0.25, 0.3) is 11.8 Å². The zero-order valence-corrected chi connectivity index (χ0v) is 22.4. The minimum Gasteiger partial charge on any atom is -0.347 e. The minimum atomic E-state index is -4.57. The standard InChI is InChI=1S/C27H31F5N8O/c1-15(24-34-37-38-35-24)21(10-11-39-13-19-20(14-39)26(19,28)29)33-25(41)22-12-23(40(36-22)16-6-2-3-7-16)17-8-4-5-9-18(17)27(30,31)32/h4-5,8-9,12,15-16,19-21H,2-3,6-7,10-11,13-14H2,1H3,(H,33,41)(H,34,35,37,38)/t15?,19?,20?,21-/m0/s1. The van der Waals surface area contributed by atoms with Crippen molar-refractivity contribution in [2.45, 2.75) is 69.1 Å². The highest BCUT2D eigenvalue weighted by molar-refractivity contribution is 5.93. The maximum absolute atomic E-state index is 13.9. The number of nitrogens with zero attached hydrogens (tertiary/aromatic N) is 6. The highest BCUT2D eigenvalue weighted by Crippen LogP contribution is 2.59. The maximum atomic E-state index is 13.9. The minimum absolute atomic E-state index is 0.0128. The Morgan fingerprint density at radius 2 is 1.88 bits per heavy atom. The van der Waals surface area contributed by atoms with Gasteiger partial charge in [0.05, 0.1) is 17.3 Å². The van der Waals surface area contributed by atoms with Crippen molar-refractivity contribution in [3.8, 4) is 11.3 Å². The summed E-state index contributed by atoms with van der Waals surface area (Å²) in [6.07, 6.45) is -0.748. The first kappa shape index (κ1) is 27.7. The Morgan fingerprint density at radius 3 is 2.54 bits per heavy atom. The average molecular weight is 579 g/mol. The molecule has 3 heterocycles. The molecule has 2 aromatic heterocycles. The summed E-state index contributed by atoms with van der Waals surface area (Å²) in [6.45, 7) is 2.94. The number of aromatic amines is 1. The molecule has 2 aliphatic carbocycles. The highest BCUT2D eigenvalue weighted by atomic mass is 19.4. The first-order valence-electron chi connectivity index (χ1n) is 13.9. The number of carbonyl (C=O) groups is 1. The summed E-state index contributed by atoms with van der Waals surface area (Å²) in [5, 5.41) is 21.4. The fourth-order valence-electron chi connectivity index (χ4n) is 6.42. The van der Waals surface area contributed by atoms with Crippen molar-refractivity contribution in [1.29, 1.82) is 0 Å². The third-order valence-electron chi connectivity index (χ3n) is 8.89. The van der Waals surface area contributed by atoms with Gasteiger partial charge in [-0.25, -0.2) is 13.9 Å². The van der Waals surface area contributed by atoms with Crippen molar-refractivity contribution >= 4 is 5.91 Å². The van der Waals surface area contributed by atoms with E-state index in [4.69, 9.17) is 0 Å². The van der Waals surface area contributed by atoms with E-state index in [1.807, 2.05) is 11.8 Å². The molecule has 1 aromatic carbocycles. The van der Waals surface area contributed by atoms with E-state index in [-0.39, 0.29) is 28.9 Å². The predicted molar refractivity (Wildman–Crippen MR) is 137 cm³/mol. The van der Waals surface area contributed by atoms with E-state index in [0.29, 0.717) is 31.9 Å². The molecule has 14 heteroatoms. The van der Waals surface area contributed by atoms with Crippen LogP contribution in [0.4, 0.5) is 22.0 Å². The van der Waals surface area contributed by atoms with Gasteiger partial charge in [0.1, 0.15) is 0 Å². The first-order chi connectivity index (χ1) is 19.5. The van der Waals surface area contributed by atoms with Crippen LogP contribution in [0.5, 0.6) is 0 Å². The summed E-state index contributed by atoms with van der Waals surface area (Å²) >= 11 is 0. The van der Waals surface area contributed by atoms with E-state index in [9.17, 15) is 26.7 Å². The predicted octanol–water partition coefficient (Wildman–Crippen LogP) is 4.69. The summed E-state index contributed by atoms with van der Waals surface area (Å²) in [5.74, 6) is -4.23. The topological polar surface area (TPSA) is 105 Å². The van der Waals surface area contributed by atoms with Crippen LogP contribution in [0, 0.1) is 11.8 Å². The van der Waals surface area contributed by atoms with Crippen molar-refractivity contribution in [1.82, 2.24) is 40.6 Å². The van der Waals surface area contributed by atoms with Crippen LogP contribution in [0.3, 0.4) is 0 Å². The van der Waals surface area contributed by atoms with Crippen molar-refractivity contribution in [3.63, 3.8) is 0 Å². The van der Waals surface area contributed by atoms with Gasteiger partial charge in [0.15, 0.2) is 11.5 Å². The zero-order valence-electron chi connectivity index (χ0n) is 22.4. The van der Waals surface area contributed by atoms with Gasteiger partial charge < -0.3 is 10.2 Å². The van der Waals surface area contributed by atoms with Gasteiger partial charge in [-0.15, -0.1) is 5.10 Å². The number of piperidine rings is 1. The van der Waals surface area contributed by atoms with Crippen LogP contribution < -0.4 is 5.32 Å². The molecule has 6 rings (SSSR count). The van der Waals surface area contributed by atoms with Crippen molar-refractivity contribution in [2.75, 3.05) is 19.6 Å². The van der Waals surface area contributed by atoms with E-state index >= 15 is 0 Å². The number of benzene rings is 1. The van der Waals surface area contributed by atoms with Crippen LogP contribution in [0.2, 0.25) is 0 Å². The third-order valence-corrected chi connectivity index (χ3v) is 8.89. The van der Waals surface area contributed by atoms with Gasteiger partial charge in [-0.3, -0.25) is 9.48 Å². The summed E-state index contributed by atoms with van der Waals surface area (Å²) in [7, 11) is 0. The monoisotopic (exact) mass is 578 g/mol. The van der Waals surface area contributed by atoms with E-state index in [1.54, 1.807) is 4.68 Å². The number of amides is 1. The lowest BCUT2D eigenvalue weighted by Crippen LogP contribution is -2.42. The molecule has 9 nitrogen and oxygen atoms in total. The Labute approximate surface area is 232 Å². The second-order valence-corrected chi connectivity index (χ2v) is 11.4. The lowest BCUT2D eigenvalue weighted by atomic mass is 9.97. The average Bonchev–Trinajstić information content (AvgIpc) is 3.66. The number of hydrogen-bond acceptors (Lipinski definition) is 6. The maximum Gasteiger partial charge on any atom is 0.417 e. The molecule has 1 aliphatic heterocycles. The van der Waals surface area contributed by atoms with Crippen LogP contribution in [-0.2, 0) is 6.18 Å². The first-order valence-corrected chi connectivity index (χ1v) is 13.9. The molecule has 1 saturated heterocycles. The second kappa shape index (κ2) is 10.4. The van der Waals surface area contributed by atoms with Crippen molar-refractivity contribution < 1.29 is 26.7 Å². The van der Waals surface area contributed by atoms with Gasteiger partial charge in [0, 0.05) is 49.0 Å². The molecule has 0 spiro atoms. The second-order valence-electron chi connectivity index (χ2n) is 11.4.